The van der Waals surface area contributed by atoms with Crippen LogP contribution in [0.4, 0.5) is 0 Å². The molecule has 1 N–H and O–H groups in total. The first-order valence-electron chi connectivity index (χ1n) is 6.06. The van der Waals surface area contributed by atoms with E-state index in [0.717, 1.165) is 16.5 Å². The number of pyridine rings is 1. The third-order valence-corrected chi connectivity index (χ3v) is 3.25. The van der Waals surface area contributed by atoms with Gasteiger partial charge in [-0.05, 0) is 24.6 Å². The van der Waals surface area contributed by atoms with Gasteiger partial charge in [0.1, 0.15) is 6.10 Å². The van der Waals surface area contributed by atoms with Gasteiger partial charge in [-0.3, -0.25) is 0 Å². The Balaban J connectivity index is 2.13. The average Bonchev–Trinajstić information content (AvgIpc) is 2.84. The molecule has 19 heavy (non-hydrogen) atoms. The van der Waals surface area contributed by atoms with E-state index in [2.05, 4.69) is 15.3 Å². The molecule has 3 rings (SSSR count). The fraction of sp³-hybridized carbons (Fsp3) is 0.214. The molecule has 2 aromatic heterocycles. The highest BCUT2D eigenvalue weighted by Gasteiger charge is 2.17. The maximum atomic E-state index is 10.4. The molecule has 96 valence electrons. The van der Waals surface area contributed by atoms with Gasteiger partial charge in [-0.1, -0.05) is 23.4 Å². The molecule has 3 aromatic rings. The molecule has 2 heterocycles. The Bertz CT molecular complexity index is 735. The molecule has 5 nitrogen and oxygen atoms in total. The third-order valence-electron chi connectivity index (χ3n) is 3.25. The van der Waals surface area contributed by atoms with Gasteiger partial charge in [-0.25, -0.2) is 9.67 Å². The van der Waals surface area contributed by atoms with Gasteiger partial charge in [0.2, 0.25) is 0 Å². The second-order valence-electron chi connectivity index (χ2n) is 4.57. The molecule has 0 spiro atoms. The van der Waals surface area contributed by atoms with Crippen molar-refractivity contribution in [2.24, 2.45) is 7.05 Å². The molecule has 0 fully saturated rings. The fourth-order valence-electron chi connectivity index (χ4n) is 2.21. The molecule has 0 saturated carbocycles. The molecule has 5 heteroatoms. The van der Waals surface area contributed by atoms with E-state index in [1.54, 1.807) is 17.9 Å². The van der Waals surface area contributed by atoms with Crippen molar-refractivity contribution in [1.29, 1.82) is 0 Å². The number of aliphatic hydroxyl groups is 1. The molecule has 1 unspecified atom stereocenters. The van der Waals surface area contributed by atoms with Gasteiger partial charge in [0.05, 0.1) is 23.1 Å². The number of rotatable bonds is 2. The summed E-state index contributed by atoms with van der Waals surface area (Å²) in [5, 5.41) is 19.1. The molecule has 0 radical (unpaired) electrons. The van der Waals surface area contributed by atoms with Gasteiger partial charge < -0.3 is 5.11 Å². The predicted molar refractivity (Wildman–Crippen MR) is 71.5 cm³/mol. The molecule has 0 aliphatic heterocycles. The lowest BCUT2D eigenvalue weighted by Crippen LogP contribution is -2.08. The van der Waals surface area contributed by atoms with Crippen molar-refractivity contribution in [1.82, 2.24) is 20.0 Å². The van der Waals surface area contributed by atoms with E-state index < -0.39 is 6.10 Å². The summed E-state index contributed by atoms with van der Waals surface area (Å²) in [6.07, 6.45) is 0.736. The summed E-state index contributed by atoms with van der Waals surface area (Å²) in [6, 6.07) is 9.80. The van der Waals surface area contributed by atoms with E-state index in [0.29, 0.717) is 11.4 Å². The highest BCUT2D eigenvalue weighted by Crippen LogP contribution is 2.24. The fourth-order valence-corrected chi connectivity index (χ4v) is 2.21. The largest absolute Gasteiger partial charge is 0.380 e. The first-order valence-corrected chi connectivity index (χ1v) is 6.06. The van der Waals surface area contributed by atoms with Crippen molar-refractivity contribution in [3.8, 4) is 0 Å². The van der Waals surface area contributed by atoms with Gasteiger partial charge in [-0.15, -0.1) is 5.10 Å². The molecule has 0 bridgehead atoms. The van der Waals surface area contributed by atoms with Crippen LogP contribution in [-0.4, -0.2) is 25.1 Å². The van der Waals surface area contributed by atoms with Crippen LogP contribution in [-0.2, 0) is 7.05 Å². The molecular formula is C14H14N4O. The van der Waals surface area contributed by atoms with Crippen LogP contribution in [0.2, 0.25) is 0 Å². The molecule has 0 saturated heterocycles. The van der Waals surface area contributed by atoms with Crippen LogP contribution in [0.3, 0.4) is 0 Å². The van der Waals surface area contributed by atoms with E-state index in [9.17, 15) is 5.11 Å². The number of hydrogen-bond donors (Lipinski definition) is 1. The SMILES string of the molecule is Cc1cc(C(O)c2cnnn2C)nc2ccccc12. The highest BCUT2D eigenvalue weighted by atomic mass is 16.3. The van der Waals surface area contributed by atoms with Crippen LogP contribution in [0.25, 0.3) is 10.9 Å². The second-order valence-corrected chi connectivity index (χ2v) is 4.57. The van der Waals surface area contributed by atoms with E-state index in [1.807, 2.05) is 37.3 Å². The summed E-state index contributed by atoms with van der Waals surface area (Å²) < 4.78 is 1.55. The number of hydrogen-bond acceptors (Lipinski definition) is 4. The van der Waals surface area contributed by atoms with Gasteiger partial charge in [0.15, 0.2) is 0 Å². The Hall–Kier alpha value is -2.27. The maximum Gasteiger partial charge on any atom is 0.139 e. The second kappa shape index (κ2) is 4.44. The smallest absolute Gasteiger partial charge is 0.139 e. The highest BCUT2D eigenvalue weighted by molar-refractivity contribution is 5.82. The summed E-state index contributed by atoms with van der Waals surface area (Å²) in [5.74, 6) is 0. The predicted octanol–water partition coefficient (Wildman–Crippen LogP) is 1.75. The van der Waals surface area contributed by atoms with Crippen molar-refractivity contribution < 1.29 is 5.11 Å². The van der Waals surface area contributed by atoms with Gasteiger partial charge in [0, 0.05) is 12.4 Å². The van der Waals surface area contributed by atoms with E-state index in [-0.39, 0.29) is 0 Å². The molecule has 1 atom stereocenters. The van der Waals surface area contributed by atoms with Gasteiger partial charge in [-0.2, -0.15) is 0 Å². The zero-order valence-electron chi connectivity index (χ0n) is 10.8. The standard InChI is InChI=1S/C14H14N4O/c1-9-7-12(14(19)13-8-15-17-18(13)2)16-11-6-4-3-5-10(9)11/h3-8,14,19H,1-2H3. The Morgan fingerprint density at radius 3 is 2.79 bits per heavy atom. The van der Waals surface area contributed by atoms with Crippen molar-refractivity contribution in [2.45, 2.75) is 13.0 Å². The van der Waals surface area contributed by atoms with E-state index in [1.165, 1.54) is 0 Å². The first-order chi connectivity index (χ1) is 9.16. The zero-order chi connectivity index (χ0) is 13.4. The Kier molecular flexibility index (Phi) is 2.76. The van der Waals surface area contributed by atoms with Crippen molar-refractivity contribution >= 4 is 10.9 Å². The van der Waals surface area contributed by atoms with Crippen LogP contribution < -0.4 is 0 Å². The summed E-state index contributed by atoms with van der Waals surface area (Å²) in [5.41, 5.74) is 3.21. The Labute approximate surface area is 110 Å². The van der Waals surface area contributed by atoms with E-state index in [4.69, 9.17) is 0 Å². The normalized spacial score (nSPS) is 12.8. The Morgan fingerprint density at radius 2 is 2.05 bits per heavy atom. The number of para-hydroxylation sites is 1. The lowest BCUT2D eigenvalue weighted by atomic mass is 10.1. The minimum absolute atomic E-state index is 0.613. The molecule has 0 aliphatic rings. The Morgan fingerprint density at radius 1 is 1.26 bits per heavy atom. The summed E-state index contributed by atoms with van der Waals surface area (Å²) in [4.78, 5) is 4.51. The number of aliphatic hydroxyl groups excluding tert-OH is 1. The monoisotopic (exact) mass is 254 g/mol. The van der Waals surface area contributed by atoms with Crippen LogP contribution in [0.15, 0.2) is 36.5 Å². The summed E-state index contributed by atoms with van der Waals surface area (Å²) in [7, 11) is 1.75. The number of aromatic nitrogens is 4. The topological polar surface area (TPSA) is 63.8 Å². The van der Waals surface area contributed by atoms with Crippen molar-refractivity contribution in [3.63, 3.8) is 0 Å². The number of benzene rings is 1. The maximum absolute atomic E-state index is 10.4. The summed E-state index contributed by atoms with van der Waals surface area (Å²) in [6.45, 7) is 2.02. The number of aryl methyl sites for hydroxylation is 2. The molecule has 0 amide bonds. The zero-order valence-corrected chi connectivity index (χ0v) is 10.8. The van der Waals surface area contributed by atoms with Crippen molar-refractivity contribution in [2.75, 3.05) is 0 Å². The minimum Gasteiger partial charge on any atom is -0.380 e. The molecular weight excluding hydrogens is 240 g/mol. The van der Waals surface area contributed by atoms with Gasteiger partial charge in [0.25, 0.3) is 0 Å². The van der Waals surface area contributed by atoms with Crippen LogP contribution in [0.1, 0.15) is 23.1 Å². The molecule has 1 aromatic carbocycles. The van der Waals surface area contributed by atoms with Crippen LogP contribution >= 0.6 is 0 Å². The van der Waals surface area contributed by atoms with Crippen LogP contribution in [0, 0.1) is 6.92 Å². The summed E-state index contributed by atoms with van der Waals surface area (Å²) >= 11 is 0. The van der Waals surface area contributed by atoms with Crippen LogP contribution in [0.5, 0.6) is 0 Å². The lowest BCUT2D eigenvalue weighted by molar-refractivity contribution is 0.205. The number of nitrogens with zero attached hydrogens (tertiary/aromatic N) is 4. The minimum atomic E-state index is -0.816. The lowest BCUT2D eigenvalue weighted by Gasteiger charge is -2.12. The quantitative estimate of drug-likeness (QED) is 0.756. The molecule has 0 aliphatic carbocycles. The third kappa shape index (κ3) is 1.98. The average molecular weight is 254 g/mol. The first kappa shape index (κ1) is 11.8. The van der Waals surface area contributed by atoms with Gasteiger partial charge >= 0.3 is 0 Å². The van der Waals surface area contributed by atoms with Crippen molar-refractivity contribution in [3.05, 3.63) is 53.5 Å². The number of fused-ring (bicyclic) bond motifs is 1. The van der Waals surface area contributed by atoms with E-state index >= 15 is 0 Å².